The molecule has 0 fully saturated rings. The van der Waals surface area contributed by atoms with E-state index in [-0.39, 0.29) is 11.3 Å². The van der Waals surface area contributed by atoms with Crippen LogP contribution in [0.15, 0.2) is 22.6 Å². The molecule has 0 bridgehead atoms. The van der Waals surface area contributed by atoms with Gasteiger partial charge in [-0.2, -0.15) is 0 Å². The monoisotopic (exact) mass is 342 g/mol. The molecule has 0 aliphatic carbocycles. The molecule has 0 radical (unpaired) electrons. The lowest BCUT2D eigenvalue weighted by Crippen LogP contribution is -2.15. The summed E-state index contributed by atoms with van der Waals surface area (Å²) >= 11 is 0. The molecule has 1 aromatic carbocycles. The van der Waals surface area contributed by atoms with Crippen LogP contribution in [0.3, 0.4) is 0 Å². The predicted octanol–water partition coefficient (Wildman–Crippen LogP) is 5.28. The minimum atomic E-state index is -0.126. The number of nitrogens with one attached hydrogen (secondary N) is 1. The Morgan fingerprint density at radius 3 is 2.48 bits per heavy atom. The number of aryl methyl sites for hydroxylation is 3. The zero-order valence-corrected chi connectivity index (χ0v) is 16.5. The summed E-state index contributed by atoms with van der Waals surface area (Å²) < 4.78 is 5.87. The van der Waals surface area contributed by atoms with Gasteiger partial charge in [0.2, 0.25) is 5.91 Å². The van der Waals surface area contributed by atoms with Crippen molar-refractivity contribution in [2.75, 3.05) is 5.32 Å². The van der Waals surface area contributed by atoms with E-state index >= 15 is 0 Å². The molecule has 0 spiro atoms. The topological polar surface area (TPSA) is 55.1 Å². The first kappa shape index (κ1) is 19.2. The zero-order chi connectivity index (χ0) is 18.8. The minimum Gasteiger partial charge on any atom is -0.445 e. The summed E-state index contributed by atoms with van der Waals surface area (Å²) in [5.41, 5.74) is 3.94. The van der Waals surface area contributed by atoms with Gasteiger partial charge in [0.25, 0.3) is 0 Å². The summed E-state index contributed by atoms with van der Waals surface area (Å²) in [6.07, 6.45) is 0.940. The first-order chi connectivity index (χ1) is 11.6. The SMILES string of the molecule is Cc1cccc(C(C)C)c1NC(=O)CCc1oc(C(C)(C)C)nc1C. The molecule has 2 aromatic rings. The molecule has 1 heterocycles. The Kier molecular flexibility index (Phi) is 5.71. The third kappa shape index (κ3) is 4.71. The number of carbonyl (C=O) groups is 1. The van der Waals surface area contributed by atoms with Crippen molar-refractivity contribution in [3.63, 3.8) is 0 Å². The fourth-order valence-electron chi connectivity index (χ4n) is 2.75. The maximum absolute atomic E-state index is 12.5. The number of amides is 1. The Labute approximate surface area is 151 Å². The third-order valence-corrected chi connectivity index (χ3v) is 4.30. The Balaban J connectivity index is 2.07. The maximum atomic E-state index is 12.5. The van der Waals surface area contributed by atoms with Gasteiger partial charge in [-0.1, -0.05) is 52.8 Å². The van der Waals surface area contributed by atoms with Crippen LogP contribution in [-0.4, -0.2) is 10.9 Å². The van der Waals surface area contributed by atoms with Crippen LogP contribution in [0, 0.1) is 13.8 Å². The van der Waals surface area contributed by atoms with Gasteiger partial charge in [0.05, 0.1) is 5.69 Å². The lowest BCUT2D eigenvalue weighted by Gasteiger charge is -2.16. The number of hydrogen-bond acceptors (Lipinski definition) is 3. The highest BCUT2D eigenvalue weighted by Gasteiger charge is 2.22. The Morgan fingerprint density at radius 1 is 1.24 bits per heavy atom. The van der Waals surface area contributed by atoms with E-state index in [1.165, 1.54) is 5.56 Å². The number of hydrogen-bond donors (Lipinski definition) is 1. The molecule has 0 saturated carbocycles. The number of rotatable bonds is 5. The summed E-state index contributed by atoms with van der Waals surface area (Å²) in [6.45, 7) is 14.4. The molecule has 4 nitrogen and oxygen atoms in total. The van der Waals surface area contributed by atoms with Crippen molar-refractivity contribution < 1.29 is 9.21 Å². The fourth-order valence-corrected chi connectivity index (χ4v) is 2.75. The van der Waals surface area contributed by atoms with E-state index in [0.29, 0.717) is 18.8 Å². The highest BCUT2D eigenvalue weighted by molar-refractivity contribution is 5.92. The Bertz CT molecular complexity index is 752. The number of nitrogens with zero attached hydrogens (tertiary/aromatic N) is 1. The van der Waals surface area contributed by atoms with E-state index in [4.69, 9.17) is 4.42 Å². The number of carbonyl (C=O) groups excluding carboxylic acids is 1. The summed E-state index contributed by atoms with van der Waals surface area (Å²) in [6, 6.07) is 6.13. The molecule has 2 rings (SSSR count). The van der Waals surface area contributed by atoms with Gasteiger partial charge in [-0.05, 0) is 30.9 Å². The highest BCUT2D eigenvalue weighted by Crippen LogP contribution is 2.28. The van der Waals surface area contributed by atoms with Crippen LogP contribution in [0.25, 0.3) is 0 Å². The van der Waals surface area contributed by atoms with Crippen LogP contribution < -0.4 is 5.32 Å². The van der Waals surface area contributed by atoms with Crippen LogP contribution in [0.1, 0.15) is 75.4 Å². The number of anilines is 1. The van der Waals surface area contributed by atoms with E-state index < -0.39 is 0 Å². The average molecular weight is 342 g/mol. The summed E-state index contributed by atoms with van der Waals surface area (Å²) in [7, 11) is 0. The van der Waals surface area contributed by atoms with Gasteiger partial charge in [-0.25, -0.2) is 4.98 Å². The molecule has 136 valence electrons. The molecule has 0 aliphatic heterocycles. The van der Waals surface area contributed by atoms with Crippen molar-refractivity contribution in [2.24, 2.45) is 0 Å². The van der Waals surface area contributed by atoms with Crippen molar-refractivity contribution in [2.45, 2.75) is 72.6 Å². The molecule has 0 atom stereocenters. The molecule has 1 N–H and O–H groups in total. The van der Waals surface area contributed by atoms with Crippen molar-refractivity contribution in [3.8, 4) is 0 Å². The molecular weight excluding hydrogens is 312 g/mol. The largest absolute Gasteiger partial charge is 0.445 e. The molecule has 0 saturated heterocycles. The van der Waals surface area contributed by atoms with E-state index in [1.54, 1.807) is 0 Å². The number of oxazole rings is 1. The van der Waals surface area contributed by atoms with Crippen molar-refractivity contribution in [1.29, 1.82) is 0 Å². The average Bonchev–Trinajstić information content (AvgIpc) is 2.88. The number of aromatic nitrogens is 1. The Hall–Kier alpha value is -2.10. The van der Waals surface area contributed by atoms with Crippen LogP contribution >= 0.6 is 0 Å². The first-order valence-corrected chi connectivity index (χ1v) is 8.95. The summed E-state index contributed by atoms with van der Waals surface area (Å²) in [4.78, 5) is 17.0. The summed E-state index contributed by atoms with van der Waals surface area (Å²) in [5.74, 6) is 1.89. The van der Waals surface area contributed by atoms with Crippen LogP contribution in [0.5, 0.6) is 0 Å². The molecule has 4 heteroatoms. The minimum absolute atomic E-state index is 0.00399. The molecule has 1 aromatic heterocycles. The van der Waals surface area contributed by atoms with Crippen LogP contribution in [0.2, 0.25) is 0 Å². The second-order valence-electron chi connectivity index (χ2n) is 8.02. The number of benzene rings is 1. The van der Waals surface area contributed by atoms with Gasteiger partial charge >= 0.3 is 0 Å². The molecule has 0 aliphatic rings. The van der Waals surface area contributed by atoms with Gasteiger partial charge in [0.15, 0.2) is 5.89 Å². The van der Waals surface area contributed by atoms with Crippen molar-refractivity contribution in [3.05, 3.63) is 46.7 Å². The third-order valence-electron chi connectivity index (χ3n) is 4.30. The molecule has 25 heavy (non-hydrogen) atoms. The summed E-state index contributed by atoms with van der Waals surface area (Å²) in [5, 5.41) is 3.09. The zero-order valence-electron chi connectivity index (χ0n) is 16.5. The van der Waals surface area contributed by atoms with E-state index in [1.807, 2.05) is 26.0 Å². The van der Waals surface area contributed by atoms with Gasteiger partial charge in [-0.3, -0.25) is 4.79 Å². The molecule has 1 amide bonds. The second kappa shape index (κ2) is 7.42. The van der Waals surface area contributed by atoms with Gasteiger partial charge < -0.3 is 9.73 Å². The van der Waals surface area contributed by atoms with E-state index in [2.05, 4.69) is 51.0 Å². The smallest absolute Gasteiger partial charge is 0.224 e. The van der Waals surface area contributed by atoms with Gasteiger partial charge in [0.1, 0.15) is 5.76 Å². The van der Waals surface area contributed by atoms with E-state index in [9.17, 15) is 4.79 Å². The first-order valence-electron chi connectivity index (χ1n) is 8.95. The van der Waals surface area contributed by atoms with Crippen LogP contribution in [-0.2, 0) is 16.6 Å². The lowest BCUT2D eigenvalue weighted by atomic mass is 9.97. The van der Waals surface area contributed by atoms with Crippen LogP contribution in [0.4, 0.5) is 5.69 Å². The van der Waals surface area contributed by atoms with Gasteiger partial charge in [0, 0.05) is 23.9 Å². The Morgan fingerprint density at radius 2 is 1.92 bits per heavy atom. The van der Waals surface area contributed by atoms with Crippen molar-refractivity contribution in [1.82, 2.24) is 4.98 Å². The quantitative estimate of drug-likeness (QED) is 0.804. The van der Waals surface area contributed by atoms with Gasteiger partial charge in [-0.15, -0.1) is 0 Å². The highest BCUT2D eigenvalue weighted by atomic mass is 16.4. The molecular formula is C21H30N2O2. The standard InChI is InChI=1S/C21H30N2O2/c1-13(2)16-10-8-9-14(3)19(16)23-18(24)12-11-17-15(4)22-20(25-17)21(5,6)7/h8-10,13H,11-12H2,1-7H3,(H,23,24). The van der Waals surface area contributed by atoms with E-state index in [0.717, 1.165) is 28.6 Å². The maximum Gasteiger partial charge on any atom is 0.224 e. The normalized spacial score (nSPS) is 11.8. The predicted molar refractivity (Wildman–Crippen MR) is 102 cm³/mol. The number of para-hydroxylation sites is 1. The van der Waals surface area contributed by atoms with Crippen molar-refractivity contribution >= 4 is 11.6 Å². The fraction of sp³-hybridized carbons (Fsp3) is 0.524. The molecule has 0 unspecified atom stereocenters. The lowest BCUT2D eigenvalue weighted by molar-refractivity contribution is -0.116. The second-order valence-corrected chi connectivity index (χ2v) is 8.02.